The monoisotopic (exact) mass is 199 g/mol. The highest BCUT2D eigenvalue weighted by Gasteiger charge is 2.28. The van der Waals surface area contributed by atoms with Gasteiger partial charge in [0.05, 0.1) is 0 Å². The van der Waals surface area contributed by atoms with Crippen molar-refractivity contribution in [2.75, 3.05) is 14.1 Å². The predicted octanol–water partition coefficient (Wildman–Crippen LogP) is 0.0379. The van der Waals surface area contributed by atoms with Crippen molar-refractivity contribution in [3.8, 4) is 0 Å². The molecule has 0 heterocycles. The highest BCUT2D eigenvalue weighted by Crippen LogP contribution is 2.11. The molecule has 0 N–H and O–H groups in total. The highest BCUT2D eigenvalue weighted by atomic mass is 19.4. The van der Waals surface area contributed by atoms with Crippen molar-refractivity contribution in [2.45, 2.75) is 19.5 Å². The van der Waals surface area contributed by atoms with E-state index >= 15 is 0 Å². The molecule has 0 rings (SSSR count). The van der Waals surface area contributed by atoms with Gasteiger partial charge in [-0.25, -0.2) is 4.58 Å². The quantitative estimate of drug-likeness (QED) is 0.442. The molecule has 0 spiro atoms. The summed E-state index contributed by atoms with van der Waals surface area (Å²) < 4.78 is 33.6. The van der Waals surface area contributed by atoms with Crippen LogP contribution in [0.3, 0.4) is 0 Å². The number of aliphatic carboxylic acids is 1. The van der Waals surface area contributed by atoms with Crippen molar-refractivity contribution in [3.05, 3.63) is 0 Å². The fourth-order valence-electron chi connectivity index (χ4n) is 0.365. The number of rotatable bonds is 1. The lowest BCUT2D eigenvalue weighted by atomic mass is 10.5. The summed E-state index contributed by atoms with van der Waals surface area (Å²) in [5.74, 6) is -3.01. The number of carboxylic acid groups (broad SMARTS) is 1. The molecule has 0 fully saturated rings. The van der Waals surface area contributed by atoms with Gasteiger partial charge in [-0.15, -0.1) is 0 Å². The molecule has 78 valence electrons. The first kappa shape index (κ1) is 14.5. The second kappa shape index (κ2) is 6.45. The highest BCUT2D eigenvalue weighted by molar-refractivity contribution is 5.70. The number of carbonyl (C=O) groups excluding carboxylic acids is 1. The van der Waals surface area contributed by atoms with E-state index in [1.54, 1.807) is 0 Å². The van der Waals surface area contributed by atoms with Crippen LogP contribution in [-0.4, -0.2) is 37.0 Å². The van der Waals surface area contributed by atoms with E-state index in [4.69, 9.17) is 9.90 Å². The number of halogens is 3. The van der Waals surface area contributed by atoms with E-state index in [0.717, 1.165) is 6.42 Å². The Bertz CT molecular complexity index is 183. The maximum Gasteiger partial charge on any atom is 0.430 e. The maximum absolute atomic E-state index is 10.5. The van der Waals surface area contributed by atoms with Crippen molar-refractivity contribution >= 4 is 12.2 Å². The van der Waals surface area contributed by atoms with Crippen LogP contribution in [0.1, 0.15) is 13.3 Å². The number of carboxylic acids is 1. The van der Waals surface area contributed by atoms with Gasteiger partial charge < -0.3 is 9.90 Å². The number of hydrogen-bond donors (Lipinski definition) is 0. The molecular formula is C7H12F3NO2. The van der Waals surface area contributed by atoms with Crippen LogP contribution in [0.2, 0.25) is 0 Å². The topological polar surface area (TPSA) is 43.1 Å². The van der Waals surface area contributed by atoms with Gasteiger partial charge in [-0.1, -0.05) is 6.92 Å². The van der Waals surface area contributed by atoms with Crippen LogP contribution >= 0.6 is 0 Å². The molecule has 0 aliphatic rings. The molecule has 0 saturated carbocycles. The second-order valence-corrected chi connectivity index (χ2v) is 2.34. The molecule has 0 radical (unpaired) electrons. The van der Waals surface area contributed by atoms with Gasteiger partial charge >= 0.3 is 6.18 Å². The molecule has 0 bridgehead atoms. The minimum absolute atomic E-state index is 1.13. The minimum atomic E-state index is -5.19. The van der Waals surface area contributed by atoms with Crippen molar-refractivity contribution in [2.24, 2.45) is 0 Å². The Hall–Kier alpha value is -1.07. The first-order chi connectivity index (χ1) is 5.71. The van der Waals surface area contributed by atoms with Crippen molar-refractivity contribution in [1.82, 2.24) is 0 Å². The maximum atomic E-state index is 10.5. The lowest BCUT2D eigenvalue weighted by Crippen LogP contribution is -2.37. The summed E-state index contributed by atoms with van der Waals surface area (Å²) in [7, 11) is 4.06. The third kappa shape index (κ3) is 13.9. The van der Waals surface area contributed by atoms with E-state index in [1.807, 2.05) is 14.1 Å². The van der Waals surface area contributed by atoms with Gasteiger partial charge in [-0.05, 0) is 0 Å². The van der Waals surface area contributed by atoms with E-state index in [2.05, 4.69) is 17.7 Å². The van der Waals surface area contributed by atoms with Crippen LogP contribution in [0.5, 0.6) is 0 Å². The Morgan fingerprint density at radius 2 is 1.77 bits per heavy atom. The van der Waals surface area contributed by atoms with Gasteiger partial charge in [0.15, 0.2) is 0 Å². The average molecular weight is 199 g/mol. The Labute approximate surface area is 74.5 Å². The molecule has 3 nitrogen and oxygen atoms in total. The number of nitrogens with zero attached hydrogens (tertiary/aromatic N) is 1. The van der Waals surface area contributed by atoms with Gasteiger partial charge in [0.2, 0.25) is 0 Å². The summed E-state index contributed by atoms with van der Waals surface area (Å²) in [6, 6.07) is 0. The summed E-state index contributed by atoms with van der Waals surface area (Å²) in [4.78, 5) is 8.78. The molecule has 13 heavy (non-hydrogen) atoms. The van der Waals surface area contributed by atoms with E-state index in [0.29, 0.717) is 0 Å². The zero-order valence-corrected chi connectivity index (χ0v) is 7.68. The zero-order chi connectivity index (χ0) is 11.1. The van der Waals surface area contributed by atoms with E-state index in [1.165, 1.54) is 0 Å². The van der Waals surface area contributed by atoms with E-state index < -0.39 is 12.1 Å². The number of hydrogen-bond acceptors (Lipinski definition) is 2. The predicted molar refractivity (Wildman–Crippen MR) is 39.5 cm³/mol. The molecule has 0 aromatic rings. The average Bonchev–Trinajstić information content (AvgIpc) is 1.85. The van der Waals surface area contributed by atoms with Gasteiger partial charge in [-0.3, -0.25) is 0 Å². The SMILES string of the molecule is CCC=[N+](C)C.O=C([O-])C(F)(F)F. The molecule has 0 aromatic carbocycles. The van der Waals surface area contributed by atoms with Crippen molar-refractivity contribution in [1.29, 1.82) is 0 Å². The van der Waals surface area contributed by atoms with Gasteiger partial charge in [0, 0.05) is 6.42 Å². The van der Waals surface area contributed by atoms with Crippen molar-refractivity contribution < 1.29 is 27.6 Å². The first-order valence-corrected chi connectivity index (χ1v) is 3.49. The molecule has 0 amide bonds. The Morgan fingerprint density at radius 3 is 1.77 bits per heavy atom. The smallest absolute Gasteiger partial charge is 0.430 e. The third-order valence-corrected chi connectivity index (χ3v) is 0.779. The summed E-state index contributed by atoms with van der Waals surface area (Å²) in [6.07, 6.45) is -1.94. The largest absolute Gasteiger partial charge is 0.542 e. The Morgan fingerprint density at radius 1 is 1.46 bits per heavy atom. The van der Waals surface area contributed by atoms with Crippen LogP contribution in [0.15, 0.2) is 0 Å². The molecule has 0 aliphatic carbocycles. The van der Waals surface area contributed by atoms with Crippen LogP contribution < -0.4 is 5.11 Å². The summed E-state index contributed by atoms with van der Waals surface area (Å²) in [5, 5.41) is 8.78. The fourth-order valence-corrected chi connectivity index (χ4v) is 0.365. The molecule has 6 heteroatoms. The fraction of sp³-hybridized carbons (Fsp3) is 0.714. The minimum Gasteiger partial charge on any atom is -0.542 e. The Kier molecular flexibility index (Phi) is 7.17. The normalized spacial score (nSPS) is 9.69. The van der Waals surface area contributed by atoms with Gasteiger partial charge in [-0.2, -0.15) is 13.2 Å². The van der Waals surface area contributed by atoms with Crippen LogP contribution in [0.4, 0.5) is 13.2 Å². The van der Waals surface area contributed by atoms with Crippen LogP contribution in [0, 0.1) is 0 Å². The molecule has 0 unspecified atom stereocenters. The summed E-state index contributed by atoms with van der Waals surface area (Å²) in [5.41, 5.74) is 0. The van der Waals surface area contributed by atoms with Gasteiger partial charge in [0.1, 0.15) is 26.3 Å². The third-order valence-electron chi connectivity index (χ3n) is 0.779. The van der Waals surface area contributed by atoms with Gasteiger partial charge in [0.25, 0.3) is 0 Å². The van der Waals surface area contributed by atoms with Crippen molar-refractivity contribution in [3.63, 3.8) is 0 Å². The van der Waals surface area contributed by atoms with Crippen LogP contribution in [-0.2, 0) is 4.79 Å². The summed E-state index contributed by atoms with van der Waals surface area (Å²) >= 11 is 0. The molecular weight excluding hydrogens is 187 g/mol. The molecule has 0 saturated heterocycles. The van der Waals surface area contributed by atoms with Crippen LogP contribution in [0.25, 0.3) is 0 Å². The van der Waals surface area contributed by atoms with E-state index in [-0.39, 0.29) is 0 Å². The number of alkyl halides is 3. The lowest BCUT2D eigenvalue weighted by molar-refractivity contribution is -0.460. The first-order valence-electron chi connectivity index (χ1n) is 3.49. The number of carbonyl (C=O) groups is 1. The van der Waals surface area contributed by atoms with E-state index in [9.17, 15) is 13.2 Å². The summed E-state index contributed by atoms with van der Waals surface area (Å²) in [6.45, 7) is 2.12. The molecule has 0 aromatic heterocycles. The Balaban J connectivity index is 0. The zero-order valence-electron chi connectivity index (χ0n) is 7.68. The second-order valence-electron chi connectivity index (χ2n) is 2.34. The molecule has 0 atom stereocenters. The molecule has 0 aliphatic heterocycles. The standard InChI is InChI=1S/C5H12N.C2HF3O2/c1-4-5-6(2)3;3-2(4,5)1(6)7/h5H,4H2,1-3H3;(H,6,7)/q+1;/p-1. The lowest BCUT2D eigenvalue weighted by Gasteiger charge is -2.03.